The smallest absolute Gasteiger partial charge is 0.263 e. The average Bonchev–Trinajstić information content (AvgIpc) is 3.16. The van der Waals surface area contributed by atoms with Gasteiger partial charge in [0.25, 0.3) is 10.0 Å². The minimum atomic E-state index is -3.96. The number of anilines is 1. The number of aromatic nitrogens is 3. The Bertz CT molecular complexity index is 1300. The van der Waals surface area contributed by atoms with Gasteiger partial charge >= 0.3 is 0 Å². The van der Waals surface area contributed by atoms with Gasteiger partial charge in [-0.25, -0.2) is 13.1 Å². The Balaban J connectivity index is 1.76. The monoisotopic (exact) mass is 432 g/mol. The first-order chi connectivity index (χ1) is 14.9. The minimum Gasteiger partial charge on any atom is -0.287 e. The number of carbonyl (C=O) groups excluding carboxylic acids is 1. The van der Waals surface area contributed by atoms with Crippen LogP contribution in [0.2, 0.25) is 0 Å². The van der Waals surface area contributed by atoms with Crippen LogP contribution in [0.3, 0.4) is 0 Å². The summed E-state index contributed by atoms with van der Waals surface area (Å²) < 4.78 is 30.0. The van der Waals surface area contributed by atoms with E-state index in [-0.39, 0.29) is 23.0 Å². The van der Waals surface area contributed by atoms with Gasteiger partial charge in [-0.15, -0.1) is 5.10 Å². The fourth-order valence-corrected chi connectivity index (χ4v) is 4.13. The molecule has 0 unspecified atom stereocenters. The van der Waals surface area contributed by atoms with Crippen molar-refractivity contribution < 1.29 is 13.2 Å². The maximum Gasteiger partial charge on any atom is 0.263 e. The van der Waals surface area contributed by atoms with Crippen molar-refractivity contribution in [3.8, 4) is 0 Å². The number of nitrogens with zero attached hydrogens (tertiary/aromatic N) is 3. The van der Waals surface area contributed by atoms with Crippen molar-refractivity contribution >= 4 is 21.6 Å². The number of ketones is 1. The van der Waals surface area contributed by atoms with Crippen LogP contribution in [0.1, 0.15) is 27.2 Å². The molecule has 1 N–H and O–H groups in total. The lowest BCUT2D eigenvalue weighted by Gasteiger charge is -2.12. The van der Waals surface area contributed by atoms with Crippen molar-refractivity contribution in [2.75, 3.05) is 4.72 Å². The molecule has 0 atom stereocenters. The zero-order valence-electron chi connectivity index (χ0n) is 16.8. The zero-order chi connectivity index (χ0) is 21.8. The first kappa shape index (κ1) is 20.5. The fourth-order valence-electron chi connectivity index (χ4n) is 3.06. The summed E-state index contributed by atoms with van der Waals surface area (Å²) in [6, 6.07) is 24.4. The molecule has 4 aromatic rings. The first-order valence-electron chi connectivity index (χ1n) is 9.61. The molecule has 156 valence electrons. The number of rotatable bonds is 7. The van der Waals surface area contributed by atoms with Gasteiger partial charge in [-0.05, 0) is 24.6 Å². The van der Waals surface area contributed by atoms with Crippen LogP contribution in [0, 0.1) is 6.92 Å². The molecule has 8 heteroatoms. The zero-order valence-corrected chi connectivity index (χ0v) is 17.6. The Hall–Kier alpha value is -3.78. The maximum absolute atomic E-state index is 13.0. The van der Waals surface area contributed by atoms with Crippen LogP contribution in [-0.2, 0) is 16.6 Å². The molecule has 7 nitrogen and oxygen atoms in total. The van der Waals surface area contributed by atoms with E-state index in [9.17, 15) is 13.2 Å². The largest absolute Gasteiger partial charge is 0.287 e. The molecule has 0 fully saturated rings. The van der Waals surface area contributed by atoms with Gasteiger partial charge in [0.05, 0.1) is 11.4 Å². The summed E-state index contributed by atoms with van der Waals surface area (Å²) in [5.41, 5.74) is 2.17. The van der Waals surface area contributed by atoms with Crippen molar-refractivity contribution in [2.24, 2.45) is 0 Å². The van der Waals surface area contributed by atoms with Crippen molar-refractivity contribution in [3.63, 3.8) is 0 Å². The van der Waals surface area contributed by atoms with Crippen LogP contribution >= 0.6 is 0 Å². The Morgan fingerprint density at radius 3 is 2.16 bits per heavy atom. The molecule has 0 aliphatic rings. The Kier molecular flexibility index (Phi) is 5.64. The Labute approximate surface area is 180 Å². The lowest BCUT2D eigenvalue weighted by molar-refractivity contribution is 0.103. The second kappa shape index (κ2) is 8.53. The molecule has 31 heavy (non-hydrogen) atoms. The van der Waals surface area contributed by atoms with E-state index in [1.54, 1.807) is 42.5 Å². The van der Waals surface area contributed by atoms with E-state index >= 15 is 0 Å². The van der Waals surface area contributed by atoms with Gasteiger partial charge in [-0.3, -0.25) is 9.52 Å². The molecule has 0 aliphatic heterocycles. The molecule has 3 aromatic carbocycles. The highest BCUT2D eigenvalue weighted by atomic mass is 32.2. The van der Waals surface area contributed by atoms with Gasteiger partial charge in [0.2, 0.25) is 5.78 Å². The number of hydrogen-bond donors (Lipinski definition) is 1. The molecule has 0 amide bonds. The van der Waals surface area contributed by atoms with E-state index in [1.807, 2.05) is 37.3 Å². The van der Waals surface area contributed by atoms with Crippen LogP contribution in [0.15, 0.2) is 89.8 Å². The molecule has 0 aliphatic carbocycles. The second-order valence-electron chi connectivity index (χ2n) is 7.04. The number of nitrogens with one attached hydrogen (secondary N) is 1. The summed E-state index contributed by atoms with van der Waals surface area (Å²) in [6.45, 7) is 2.13. The average molecular weight is 433 g/mol. The molecular weight excluding hydrogens is 412 g/mol. The molecule has 0 spiro atoms. The number of sulfonamides is 1. The lowest BCUT2D eigenvalue weighted by Crippen LogP contribution is -2.19. The predicted molar refractivity (Wildman–Crippen MR) is 117 cm³/mol. The molecule has 0 saturated carbocycles. The van der Waals surface area contributed by atoms with E-state index in [0.29, 0.717) is 5.56 Å². The van der Waals surface area contributed by atoms with Crippen LogP contribution in [0.4, 0.5) is 5.82 Å². The molecule has 0 bridgehead atoms. The van der Waals surface area contributed by atoms with Crippen molar-refractivity contribution in [1.29, 1.82) is 0 Å². The number of benzene rings is 3. The highest BCUT2D eigenvalue weighted by Gasteiger charge is 2.26. The van der Waals surface area contributed by atoms with Gasteiger partial charge in [0, 0.05) is 5.56 Å². The third-order valence-corrected chi connectivity index (χ3v) is 6.08. The highest BCUT2D eigenvalue weighted by Crippen LogP contribution is 2.22. The summed E-state index contributed by atoms with van der Waals surface area (Å²) >= 11 is 0. The van der Waals surface area contributed by atoms with Gasteiger partial charge in [-0.2, -0.15) is 0 Å². The van der Waals surface area contributed by atoms with Gasteiger partial charge in [0.1, 0.15) is 0 Å². The third-order valence-electron chi connectivity index (χ3n) is 4.72. The van der Waals surface area contributed by atoms with Gasteiger partial charge in [0.15, 0.2) is 11.5 Å². The molecule has 0 radical (unpaired) electrons. The quantitative estimate of drug-likeness (QED) is 0.450. The number of carbonyl (C=O) groups is 1. The van der Waals surface area contributed by atoms with Crippen LogP contribution in [0.5, 0.6) is 0 Å². The summed E-state index contributed by atoms with van der Waals surface area (Å²) in [6.07, 6.45) is 0. The van der Waals surface area contributed by atoms with Crippen LogP contribution in [-0.4, -0.2) is 29.2 Å². The third kappa shape index (κ3) is 4.54. The Morgan fingerprint density at radius 2 is 1.52 bits per heavy atom. The SMILES string of the molecule is Cc1ccc(S(=O)(=O)Nc2c(C(=O)c3ccccc3)nnn2Cc2ccccc2)cc1. The van der Waals surface area contributed by atoms with Crippen molar-refractivity contribution in [3.05, 3.63) is 107 Å². The van der Waals surface area contributed by atoms with Crippen molar-refractivity contribution in [2.45, 2.75) is 18.4 Å². The predicted octanol–water partition coefficient (Wildman–Crippen LogP) is 3.67. The molecule has 0 saturated heterocycles. The van der Waals surface area contributed by atoms with E-state index in [0.717, 1.165) is 11.1 Å². The fraction of sp³-hybridized carbons (Fsp3) is 0.0870. The first-order valence-corrected chi connectivity index (χ1v) is 11.1. The van der Waals surface area contributed by atoms with Gasteiger partial charge < -0.3 is 0 Å². The summed E-state index contributed by atoms with van der Waals surface area (Å²) in [5, 5.41) is 8.09. The van der Waals surface area contributed by atoms with Crippen LogP contribution < -0.4 is 4.72 Å². The van der Waals surface area contributed by atoms with E-state index in [4.69, 9.17) is 0 Å². The lowest BCUT2D eigenvalue weighted by atomic mass is 10.1. The van der Waals surface area contributed by atoms with Crippen molar-refractivity contribution in [1.82, 2.24) is 15.0 Å². The van der Waals surface area contributed by atoms with E-state index in [2.05, 4.69) is 15.0 Å². The number of hydrogen-bond acceptors (Lipinski definition) is 5. The van der Waals surface area contributed by atoms with E-state index < -0.39 is 15.8 Å². The molecule has 1 heterocycles. The molecule has 1 aromatic heterocycles. The molecular formula is C23H20N4O3S. The standard InChI is InChI=1S/C23H20N4O3S/c1-17-12-14-20(15-13-17)31(29,30)25-23-21(22(28)19-10-6-3-7-11-19)24-26-27(23)16-18-8-4-2-5-9-18/h2-15,25H,16H2,1H3. The highest BCUT2D eigenvalue weighted by molar-refractivity contribution is 7.92. The summed E-state index contributed by atoms with van der Waals surface area (Å²) in [4.78, 5) is 13.1. The van der Waals surface area contributed by atoms with E-state index in [1.165, 1.54) is 16.8 Å². The summed E-state index contributed by atoms with van der Waals surface area (Å²) in [5.74, 6) is -0.389. The Morgan fingerprint density at radius 1 is 0.903 bits per heavy atom. The van der Waals surface area contributed by atoms with Gasteiger partial charge in [-0.1, -0.05) is 83.6 Å². The maximum atomic E-state index is 13.0. The second-order valence-corrected chi connectivity index (χ2v) is 8.73. The summed E-state index contributed by atoms with van der Waals surface area (Å²) in [7, 11) is -3.96. The normalized spacial score (nSPS) is 11.3. The minimum absolute atomic E-state index is 0.0262. The molecule has 4 rings (SSSR count). The number of aryl methyl sites for hydroxylation is 1. The van der Waals surface area contributed by atoms with Crippen LogP contribution in [0.25, 0.3) is 0 Å². The topological polar surface area (TPSA) is 93.9 Å².